The molecule has 0 aliphatic rings. The van der Waals surface area contributed by atoms with Gasteiger partial charge in [0.2, 0.25) is 0 Å². The van der Waals surface area contributed by atoms with Crippen molar-refractivity contribution in [2.24, 2.45) is 0 Å². The summed E-state index contributed by atoms with van der Waals surface area (Å²) in [5, 5.41) is 8.29. The summed E-state index contributed by atoms with van der Waals surface area (Å²) in [7, 11) is 1.62. The van der Waals surface area contributed by atoms with Gasteiger partial charge in [0.15, 0.2) is 0 Å². The predicted octanol–water partition coefficient (Wildman–Crippen LogP) is 4.78. The molecule has 2 aromatic carbocycles. The zero-order valence-electron chi connectivity index (χ0n) is 17.8. The van der Waals surface area contributed by atoms with E-state index in [0.29, 0.717) is 16.3 Å². The van der Waals surface area contributed by atoms with Gasteiger partial charge < -0.3 is 14.5 Å². The molecule has 0 radical (unpaired) electrons. The number of rotatable bonds is 6. The Labute approximate surface area is 195 Å². The Bertz CT molecular complexity index is 1420. The molecule has 0 saturated heterocycles. The number of hydrogen-bond acceptors (Lipinski definition) is 4. The lowest BCUT2D eigenvalue weighted by Gasteiger charge is -2.05. The summed E-state index contributed by atoms with van der Waals surface area (Å²) in [4.78, 5) is 17.7. The molecule has 0 unspecified atom stereocenters. The van der Waals surface area contributed by atoms with E-state index in [-0.39, 0.29) is 12.5 Å². The smallest absolute Gasteiger partial charge is 0.255 e. The van der Waals surface area contributed by atoms with E-state index in [1.165, 1.54) is 0 Å². The minimum absolute atomic E-state index is 0.238. The highest BCUT2D eigenvalue weighted by molar-refractivity contribution is 6.30. The first kappa shape index (κ1) is 20.8. The lowest BCUT2D eigenvalue weighted by Crippen LogP contribution is -2.23. The first-order valence-corrected chi connectivity index (χ1v) is 10.7. The van der Waals surface area contributed by atoms with Crippen LogP contribution in [0.4, 0.5) is 0 Å². The molecular weight excluding hydrogens is 438 g/mol. The van der Waals surface area contributed by atoms with E-state index >= 15 is 0 Å². The lowest BCUT2D eigenvalue weighted by atomic mass is 10.1. The number of nitrogens with one attached hydrogen (secondary N) is 1. The molecule has 7 nitrogen and oxygen atoms in total. The van der Waals surface area contributed by atoms with Crippen LogP contribution in [0, 0.1) is 0 Å². The van der Waals surface area contributed by atoms with Gasteiger partial charge >= 0.3 is 0 Å². The fraction of sp³-hybridized carbons (Fsp3) is 0.0800. The van der Waals surface area contributed by atoms with E-state index in [9.17, 15) is 4.79 Å². The number of para-hydroxylation sites is 1. The lowest BCUT2D eigenvalue weighted by molar-refractivity contribution is 0.0951. The molecular formula is C25H20ClN5O2. The Morgan fingerprint density at radius 1 is 1.00 bits per heavy atom. The molecule has 3 aromatic heterocycles. The number of methoxy groups -OCH3 is 1. The molecule has 8 heteroatoms. The zero-order valence-corrected chi connectivity index (χ0v) is 18.5. The molecule has 0 aliphatic carbocycles. The van der Waals surface area contributed by atoms with Crippen LogP contribution in [-0.4, -0.2) is 32.2 Å². The Balaban J connectivity index is 1.45. The number of aromatic nitrogens is 4. The van der Waals surface area contributed by atoms with Gasteiger partial charge in [0.05, 0.1) is 35.6 Å². The van der Waals surface area contributed by atoms with Gasteiger partial charge in [0.1, 0.15) is 17.1 Å². The number of carbonyl (C=O) groups is 1. The quantitative estimate of drug-likeness (QED) is 0.398. The molecule has 0 atom stereocenters. The maximum Gasteiger partial charge on any atom is 0.255 e. The van der Waals surface area contributed by atoms with Gasteiger partial charge in [-0.25, -0.2) is 9.67 Å². The number of imidazole rings is 1. The van der Waals surface area contributed by atoms with Crippen LogP contribution in [0.15, 0.2) is 85.3 Å². The van der Waals surface area contributed by atoms with E-state index in [1.54, 1.807) is 30.3 Å². The average Bonchev–Trinajstić information content (AvgIpc) is 3.47. The molecule has 1 amide bonds. The van der Waals surface area contributed by atoms with Crippen LogP contribution in [0.1, 0.15) is 16.1 Å². The third-order valence-corrected chi connectivity index (χ3v) is 5.46. The maximum absolute atomic E-state index is 13.2. The van der Waals surface area contributed by atoms with E-state index < -0.39 is 0 Å². The predicted molar refractivity (Wildman–Crippen MR) is 127 cm³/mol. The summed E-state index contributed by atoms with van der Waals surface area (Å²) in [5.41, 5.74) is 4.23. The summed E-state index contributed by atoms with van der Waals surface area (Å²) >= 11 is 6.05. The van der Waals surface area contributed by atoms with Gasteiger partial charge in [-0.1, -0.05) is 29.8 Å². The van der Waals surface area contributed by atoms with Crippen LogP contribution in [0.2, 0.25) is 5.02 Å². The Kier molecular flexibility index (Phi) is 5.54. The molecule has 3 heterocycles. The summed E-state index contributed by atoms with van der Waals surface area (Å²) < 4.78 is 8.80. The molecule has 0 bridgehead atoms. The molecule has 0 aliphatic heterocycles. The van der Waals surface area contributed by atoms with Crippen LogP contribution in [0.5, 0.6) is 5.75 Å². The minimum Gasteiger partial charge on any atom is -0.497 e. The van der Waals surface area contributed by atoms with Crippen molar-refractivity contribution in [3.63, 3.8) is 0 Å². The largest absolute Gasteiger partial charge is 0.497 e. The molecule has 1 N–H and O–H groups in total. The van der Waals surface area contributed by atoms with Gasteiger partial charge in [-0.3, -0.25) is 4.79 Å². The van der Waals surface area contributed by atoms with Crippen LogP contribution >= 0.6 is 11.6 Å². The number of benzene rings is 2. The zero-order chi connectivity index (χ0) is 22.8. The molecule has 0 fully saturated rings. The summed E-state index contributed by atoms with van der Waals surface area (Å²) in [6, 6.07) is 20.8. The number of amides is 1. The van der Waals surface area contributed by atoms with Crippen molar-refractivity contribution in [1.29, 1.82) is 0 Å². The number of ether oxygens (including phenoxy) is 1. The fourth-order valence-electron chi connectivity index (χ4n) is 3.58. The molecule has 164 valence electrons. The summed E-state index contributed by atoms with van der Waals surface area (Å²) in [6.45, 7) is 0.275. The number of carbonyl (C=O) groups excluding carboxylic acids is 1. The second-order valence-electron chi connectivity index (χ2n) is 7.43. The highest BCUT2D eigenvalue weighted by Gasteiger charge is 2.19. The van der Waals surface area contributed by atoms with Crippen molar-refractivity contribution < 1.29 is 9.53 Å². The Morgan fingerprint density at radius 2 is 1.79 bits per heavy atom. The van der Waals surface area contributed by atoms with Gasteiger partial charge in [-0.05, 0) is 48.5 Å². The van der Waals surface area contributed by atoms with Crippen molar-refractivity contribution in [1.82, 2.24) is 24.5 Å². The van der Waals surface area contributed by atoms with E-state index in [0.717, 1.165) is 28.3 Å². The van der Waals surface area contributed by atoms with Gasteiger partial charge in [0.25, 0.3) is 5.91 Å². The first-order valence-electron chi connectivity index (χ1n) is 10.3. The standard InChI is InChI=1S/C25H20ClN5O2/c1-33-21-10-7-17(8-11-21)24-22(16-31(29-24)20-5-3-2-4-6-20)25(32)27-13-19-15-30-14-18(26)9-12-23(30)28-19/h2-12,14-16H,13H2,1H3,(H,27,32). The van der Waals surface area contributed by atoms with Crippen molar-refractivity contribution >= 4 is 23.2 Å². The number of pyridine rings is 1. The topological polar surface area (TPSA) is 73.5 Å². The summed E-state index contributed by atoms with van der Waals surface area (Å²) in [6.07, 6.45) is 5.37. The third-order valence-electron chi connectivity index (χ3n) is 5.24. The minimum atomic E-state index is -0.238. The normalized spacial score (nSPS) is 11.0. The summed E-state index contributed by atoms with van der Waals surface area (Å²) in [5.74, 6) is 0.497. The van der Waals surface area contributed by atoms with E-state index in [2.05, 4.69) is 10.3 Å². The van der Waals surface area contributed by atoms with Gasteiger partial charge in [-0.2, -0.15) is 5.10 Å². The highest BCUT2D eigenvalue weighted by atomic mass is 35.5. The van der Waals surface area contributed by atoms with Crippen molar-refractivity contribution in [3.05, 3.63) is 102 Å². The van der Waals surface area contributed by atoms with E-state index in [1.807, 2.05) is 71.3 Å². The third kappa shape index (κ3) is 4.31. The number of hydrogen-bond donors (Lipinski definition) is 1. The van der Waals surface area contributed by atoms with Crippen molar-refractivity contribution in [2.75, 3.05) is 7.11 Å². The first-order chi connectivity index (χ1) is 16.1. The Hall–Kier alpha value is -4.10. The average molecular weight is 458 g/mol. The molecule has 0 saturated carbocycles. The molecule has 5 rings (SSSR count). The van der Waals surface area contributed by atoms with Crippen molar-refractivity contribution in [2.45, 2.75) is 6.54 Å². The number of fused-ring (bicyclic) bond motifs is 1. The van der Waals surface area contributed by atoms with Gasteiger partial charge in [0, 0.05) is 24.2 Å². The second-order valence-corrected chi connectivity index (χ2v) is 7.86. The SMILES string of the molecule is COc1ccc(-c2nn(-c3ccccc3)cc2C(=O)NCc2cn3cc(Cl)ccc3n2)cc1. The highest BCUT2D eigenvalue weighted by Crippen LogP contribution is 2.26. The second kappa shape index (κ2) is 8.80. The van der Waals surface area contributed by atoms with Crippen LogP contribution in [0.3, 0.4) is 0 Å². The van der Waals surface area contributed by atoms with Crippen molar-refractivity contribution in [3.8, 4) is 22.7 Å². The molecule has 33 heavy (non-hydrogen) atoms. The van der Waals surface area contributed by atoms with Crippen LogP contribution < -0.4 is 10.1 Å². The molecule has 5 aromatic rings. The number of nitrogens with zero attached hydrogens (tertiary/aromatic N) is 4. The van der Waals surface area contributed by atoms with E-state index in [4.69, 9.17) is 21.4 Å². The molecule has 0 spiro atoms. The van der Waals surface area contributed by atoms with Gasteiger partial charge in [-0.15, -0.1) is 0 Å². The number of halogens is 1. The Morgan fingerprint density at radius 3 is 2.55 bits per heavy atom. The fourth-order valence-corrected chi connectivity index (χ4v) is 3.75. The monoisotopic (exact) mass is 457 g/mol. The maximum atomic E-state index is 13.2. The van der Waals surface area contributed by atoms with Crippen LogP contribution in [0.25, 0.3) is 22.6 Å². The van der Waals surface area contributed by atoms with Crippen LogP contribution in [-0.2, 0) is 6.54 Å².